The van der Waals surface area contributed by atoms with Gasteiger partial charge in [-0.1, -0.05) is 17.7 Å². The second-order valence-electron chi connectivity index (χ2n) is 8.85. The number of rotatable bonds is 5. The van der Waals surface area contributed by atoms with Crippen LogP contribution in [0.4, 0.5) is 5.82 Å². The molecule has 2 aliphatic rings. The fraction of sp³-hybridized carbons (Fsp3) is 0.423. The number of amides is 2. The molecule has 1 atom stereocenters. The van der Waals surface area contributed by atoms with Crippen LogP contribution in [0.5, 0.6) is 0 Å². The van der Waals surface area contributed by atoms with Crippen LogP contribution in [-0.4, -0.2) is 75.8 Å². The summed E-state index contributed by atoms with van der Waals surface area (Å²) >= 11 is 1.76. The topological polar surface area (TPSA) is 106 Å². The number of carbonyl (C=O) groups is 2. The molecule has 2 aromatic heterocycles. The summed E-state index contributed by atoms with van der Waals surface area (Å²) < 4.78 is 0. The van der Waals surface area contributed by atoms with E-state index in [0.717, 1.165) is 24.0 Å². The second kappa shape index (κ2) is 12.1. The lowest BCUT2D eigenvalue weighted by molar-refractivity contribution is -0.134. The van der Waals surface area contributed by atoms with E-state index in [1.54, 1.807) is 34.6 Å². The molecule has 0 fully saturated rings. The Labute approximate surface area is 209 Å². The molecule has 0 radical (unpaired) electrons. The van der Waals surface area contributed by atoms with Gasteiger partial charge in [0.25, 0.3) is 0 Å². The zero-order valence-electron chi connectivity index (χ0n) is 19.7. The number of hydrogen-bond donors (Lipinski definition) is 3. The minimum absolute atomic E-state index is 0.0249. The van der Waals surface area contributed by atoms with E-state index in [1.165, 1.54) is 10.5 Å². The van der Waals surface area contributed by atoms with E-state index in [0.29, 0.717) is 51.3 Å². The van der Waals surface area contributed by atoms with Crippen molar-refractivity contribution >= 4 is 35.0 Å². The third-order valence-corrected chi connectivity index (χ3v) is 7.22. The van der Waals surface area contributed by atoms with Gasteiger partial charge >= 0.3 is 0 Å². The Morgan fingerprint density at radius 3 is 2.86 bits per heavy atom. The van der Waals surface area contributed by atoms with Crippen LogP contribution >= 0.6 is 11.3 Å². The summed E-state index contributed by atoms with van der Waals surface area (Å²) in [5.41, 5.74) is 3.10. The third kappa shape index (κ3) is 7.00. The molecular weight excluding hydrogens is 464 g/mol. The highest BCUT2D eigenvalue weighted by molar-refractivity contribution is 7.09. The number of aliphatic hydroxyl groups is 2. The van der Waals surface area contributed by atoms with Gasteiger partial charge in [0.2, 0.25) is 11.8 Å². The van der Waals surface area contributed by atoms with E-state index in [1.807, 2.05) is 11.0 Å². The Balaban J connectivity index is 1.37. The van der Waals surface area contributed by atoms with Gasteiger partial charge in [0, 0.05) is 56.2 Å². The number of hydrogen-bond acceptors (Lipinski definition) is 7. The number of nitrogens with zero attached hydrogens (tertiary/aromatic N) is 3. The van der Waals surface area contributed by atoms with E-state index < -0.39 is 12.8 Å². The van der Waals surface area contributed by atoms with Crippen LogP contribution in [0.1, 0.15) is 35.3 Å². The van der Waals surface area contributed by atoms with E-state index >= 15 is 0 Å². The SMILES string of the molecule is O=C(C=Cc1cnc2c(c1)CCCN(C(=O)CO)CCC(O)N2)N1CC=C(Cc2cccs2)CC1. The Hall–Kier alpha value is -3.01. The van der Waals surface area contributed by atoms with E-state index in [4.69, 9.17) is 0 Å². The molecule has 4 heterocycles. The lowest BCUT2D eigenvalue weighted by atomic mass is 10.0. The summed E-state index contributed by atoms with van der Waals surface area (Å²) in [6.45, 7) is 1.67. The molecule has 2 amide bonds. The van der Waals surface area contributed by atoms with Crippen molar-refractivity contribution in [2.24, 2.45) is 0 Å². The molecule has 1 unspecified atom stereocenters. The Kier molecular flexibility index (Phi) is 8.68. The van der Waals surface area contributed by atoms with Crippen molar-refractivity contribution in [3.05, 3.63) is 63.5 Å². The number of pyridine rings is 1. The van der Waals surface area contributed by atoms with Gasteiger partial charge in [-0.25, -0.2) is 4.98 Å². The van der Waals surface area contributed by atoms with Gasteiger partial charge < -0.3 is 25.3 Å². The average molecular weight is 497 g/mol. The number of aromatic nitrogens is 1. The van der Waals surface area contributed by atoms with Crippen molar-refractivity contribution in [3.8, 4) is 0 Å². The number of aryl methyl sites for hydroxylation is 1. The number of aliphatic hydroxyl groups excluding tert-OH is 2. The summed E-state index contributed by atoms with van der Waals surface area (Å²) in [5, 5.41) is 24.6. The molecule has 2 aromatic rings. The minimum Gasteiger partial charge on any atom is -0.387 e. The second-order valence-corrected chi connectivity index (χ2v) is 9.89. The Morgan fingerprint density at radius 2 is 2.11 bits per heavy atom. The highest BCUT2D eigenvalue weighted by Crippen LogP contribution is 2.22. The highest BCUT2D eigenvalue weighted by Gasteiger charge is 2.19. The van der Waals surface area contributed by atoms with Crippen LogP contribution in [0, 0.1) is 0 Å². The molecule has 0 bridgehead atoms. The van der Waals surface area contributed by atoms with Crippen LogP contribution in [0.2, 0.25) is 0 Å². The predicted molar refractivity (Wildman–Crippen MR) is 137 cm³/mol. The first-order valence-electron chi connectivity index (χ1n) is 12.0. The summed E-state index contributed by atoms with van der Waals surface area (Å²) in [6.07, 6.45) is 9.90. The molecule has 4 rings (SSSR count). The largest absolute Gasteiger partial charge is 0.387 e. The molecule has 9 heteroatoms. The van der Waals surface area contributed by atoms with Crippen molar-refractivity contribution in [1.82, 2.24) is 14.8 Å². The Bertz CT molecular complexity index is 1080. The predicted octanol–water partition coefficient (Wildman–Crippen LogP) is 2.45. The van der Waals surface area contributed by atoms with E-state index in [2.05, 4.69) is 33.9 Å². The summed E-state index contributed by atoms with van der Waals surface area (Å²) in [6, 6.07) is 6.17. The van der Waals surface area contributed by atoms with E-state index in [9.17, 15) is 19.8 Å². The molecule has 0 spiro atoms. The van der Waals surface area contributed by atoms with Gasteiger partial charge in [0.05, 0.1) is 0 Å². The minimum atomic E-state index is -0.854. The normalized spacial score (nSPS) is 19.1. The standard InChI is InChI=1S/C26H32N4O4S/c31-18-25(34)29-10-1-3-21-15-20(17-27-26(21)28-23(32)9-13-29)5-6-24(33)30-11-7-19(8-12-30)16-22-4-2-14-35-22/h2,4-7,14-15,17,23,31-32H,1,3,8-13,16,18H2,(H,27,28). The van der Waals surface area contributed by atoms with Crippen LogP contribution < -0.4 is 5.32 Å². The molecule has 0 saturated carbocycles. The quantitative estimate of drug-likeness (QED) is 0.434. The molecule has 0 saturated heterocycles. The van der Waals surface area contributed by atoms with Crippen molar-refractivity contribution in [2.75, 3.05) is 38.1 Å². The van der Waals surface area contributed by atoms with Gasteiger partial charge in [-0.3, -0.25) is 9.59 Å². The smallest absolute Gasteiger partial charge is 0.248 e. The molecule has 0 aliphatic carbocycles. The number of anilines is 1. The number of nitrogens with one attached hydrogen (secondary N) is 1. The highest BCUT2D eigenvalue weighted by atomic mass is 32.1. The van der Waals surface area contributed by atoms with Gasteiger partial charge in [-0.2, -0.15) is 0 Å². The van der Waals surface area contributed by atoms with Crippen LogP contribution in [0.3, 0.4) is 0 Å². The third-order valence-electron chi connectivity index (χ3n) is 6.34. The Morgan fingerprint density at radius 1 is 1.23 bits per heavy atom. The average Bonchev–Trinajstić information content (AvgIpc) is 3.38. The van der Waals surface area contributed by atoms with Crippen LogP contribution in [0.15, 0.2) is 47.5 Å². The zero-order valence-corrected chi connectivity index (χ0v) is 20.5. The summed E-state index contributed by atoms with van der Waals surface area (Å²) in [4.78, 5) is 33.9. The van der Waals surface area contributed by atoms with Crippen molar-refractivity contribution < 1.29 is 19.8 Å². The fourth-order valence-corrected chi connectivity index (χ4v) is 5.11. The summed E-state index contributed by atoms with van der Waals surface area (Å²) in [7, 11) is 0. The van der Waals surface area contributed by atoms with Crippen molar-refractivity contribution in [1.29, 1.82) is 0 Å². The molecule has 8 nitrogen and oxygen atoms in total. The first kappa shape index (κ1) is 25.1. The number of carbonyl (C=O) groups excluding carboxylic acids is 2. The lowest BCUT2D eigenvalue weighted by Gasteiger charge is -2.26. The number of fused-ring (bicyclic) bond motifs is 1. The molecule has 0 aromatic carbocycles. The molecule has 2 aliphatic heterocycles. The van der Waals surface area contributed by atoms with Gasteiger partial charge in [0.1, 0.15) is 18.7 Å². The van der Waals surface area contributed by atoms with Gasteiger partial charge in [-0.05, 0) is 54.0 Å². The van der Waals surface area contributed by atoms with Crippen LogP contribution in [0.25, 0.3) is 6.08 Å². The number of thiophene rings is 1. The first-order valence-corrected chi connectivity index (χ1v) is 12.9. The maximum Gasteiger partial charge on any atom is 0.248 e. The van der Waals surface area contributed by atoms with E-state index in [-0.39, 0.29) is 11.8 Å². The first-order chi connectivity index (χ1) is 17.0. The fourth-order valence-electron chi connectivity index (χ4n) is 4.35. The molecule has 35 heavy (non-hydrogen) atoms. The molecular formula is C26H32N4O4S. The monoisotopic (exact) mass is 496 g/mol. The van der Waals surface area contributed by atoms with Gasteiger partial charge in [-0.15, -0.1) is 11.3 Å². The lowest BCUT2D eigenvalue weighted by Crippen LogP contribution is -2.38. The van der Waals surface area contributed by atoms with Crippen molar-refractivity contribution in [3.63, 3.8) is 0 Å². The van der Waals surface area contributed by atoms with Crippen molar-refractivity contribution in [2.45, 2.75) is 38.3 Å². The van der Waals surface area contributed by atoms with Gasteiger partial charge in [0.15, 0.2) is 0 Å². The summed E-state index contributed by atoms with van der Waals surface area (Å²) in [5.74, 6) is 0.253. The maximum absolute atomic E-state index is 12.7. The molecule has 186 valence electrons. The maximum atomic E-state index is 12.7. The van der Waals surface area contributed by atoms with Crippen LogP contribution in [-0.2, 0) is 22.4 Å². The zero-order chi connectivity index (χ0) is 24.6. The molecule has 3 N–H and O–H groups in total.